The van der Waals surface area contributed by atoms with Crippen molar-refractivity contribution < 1.29 is 14.3 Å². The Labute approximate surface area is 208 Å². The summed E-state index contributed by atoms with van der Waals surface area (Å²) in [5, 5.41) is 10.2. The molecule has 7 heteroatoms. The number of fused-ring (bicyclic) bond motifs is 5. The molecule has 2 aliphatic heterocycles. The molecule has 7 nitrogen and oxygen atoms in total. The fourth-order valence-electron chi connectivity index (χ4n) is 5.66. The van der Waals surface area contributed by atoms with Crippen molar-refractivity contribution in [3.63, 3.8) is 0 Å². The molecule has 3 heterocycles. The van der Waals surface area contributed by atoms with Crippen LogP contribution in [0.15, 0.2) is 72.8 Å². The third-order valence-corrected chi connectivity index (χ3v) is 7.78. The molecule has 0 radical (unpaired) electrons. The van der Waals surface area contributed by atoms with Crippen molar-refractivity contribution in [2.75, 3.05) is 17.2 Å². The van der Waals surface area contributed by atoms with E-state index in [0.717, 1.165) is 46.4 Å². The van der Waals surface area contributed by atoms with E-state index in [0.29, 0.717) is 23.3 Å². The minimum absolute atomic E-state index is 0.0353. The van der Waals surface area contributed by atoms with Crippen molar-refractivity contribution in [3.8, 4) is 17.0 Å². The fraction of sp³-hybridized carbons (Fsp3) is 0.241. The van der Waals surface area contributed by atoms with Crippen molar-refractivity contribution in [1.29, 1.82) is 0 Å². The maximum atomic E-state index is 12.9. The third kappa shape index (κ3) is 3.46. The van der Waals surface area contributed by atoms with Crippen molar-refractivity contribution in [2.24, 2.45) is 5.41 Å². The summed E-state index contributed by atoms with van der Waals surface area (Å²) < 4.78 is 8.71. The number of nitrogens with zero attached hydrogens (tertiary/aromatic N) is 1. The monoisotopic (exact) mass is 478 g/mol. The Morgan fingerprint density at radius 3 is 2.64 bits per heavy atom. The summed E-state index contributed by atoms with van der Waals surface area (Å²) in [6.45, 7) is 0.945. The van der Waals surface area contributed by atoms with Gasteiger partial charge in [0.15, 0.2) is 0 Å². The summed E-state index contributed by atoms with van der Waals surface area (Å²) >= 11 is 0. The van der Waals surface area contributed by atoms with Gasteiger partial charge in [0.2, 0.25) is 18.5 Å². The van der Waals surface area contributed by atoms with Crippen LogP contribution in [-0.2, 0) is 9.59 Å². The quantitative estimate of drug-likeness (QED) is 0.357. The van der Waals surface area contributed by atoms with Gasteiger partial charge in [0.05, 0.1) is 17.3 Å². The number of hydrogen-bond acceptors (Lipinski definition) is 4. The van der Waals surface area contributed by atoms with Crippen LogP contribution in [0.1, 0.15) is 31.1 Å². The maximum Gasteiger partial charge on any atom is 0.241 e. The largest absolute Gasteiger partial charge is 0.465 e. The number of carbonyl (C=O) groups is 2. The zero-order valence-corrected chi connectivity index (χ0v) is 19.7. The lowest BCUT2D eigenvalue weighted by atomic mass is 10.0. The summed E-state index contributed by atoms with van der Waals surface area (Å²) in [4.78, 5) is 23.9. The van der Waals surface area contributed by atoms with Gasteiger partial charge in [0, 0.05) is 40.5 Å². The van der Waals surface area contributed by atoms with Crippen LogP contribution in [0.3, 0.4) is 0 Å². The van der Waals surface area contributed by atoms with E-state index >= 15 is 0 Å². The number of nitrogens with one attached hydrogen (secondary N) is 3. The van der Waals surface area contributed by atoms with Gasteiger partial charge in [-0.1, -0.05) is 30.3 Å². The number of anilines is 2. The second-order valence-electron chi connectivity index (χ2n) is 10.2. The van der Waals surface area contributed by atoms with Crippen LogP contribution in [0.2, 0.25) is 0 Å². The predicted octanol–water partition coefficient (Wildman–Crippen LogP) is 4.90. The molecule has 36 heavy (non-hydrogen) atoms. The molecule has 2 unspecified atom stereocenters. The molecule has 3 aromatic carbocycles. The molecule has 0 bridgehead atoms. The molecule has 3 aliphatic rings. The van der Waals surface area contributed by atoms with E-state index in [-0.39, 0.29) is 18.2 Å². The Morgan fingerprint density at radius 1 is 1.03 bits per heavy atom. The summed E-state index contributed by atoms with van der Waals surface area (Å²) in [6, 6.07) is 23.8. The highest BCUT2D eigenvalue weighted by molar-refractivity contribution is 5.98. The first-order valence-electron chi connectivity index (χ1n) is 12.4. The Kier molecular flexibility index (Phi) is 4.69. The van der Waals surface area contributed by atoms with Gasteiger partial charge in [0.1, 0.15) is 5.75 Å². The van der Waals surface area contributed by atoms with Crippen LogP contribution in [-0.4, -0.2) is 29.5 Å². The molecule has 1 saturated heterocycles. The van der Waals surface area contributed by atoms with Crippen LogP contribution in [0, 0.1) is 5.41 Å². The molecular formula is C29H26N4O3. The van der Waals surface area contributed by atoms with Gasteiger partial charge in [-0.25, -0.2) is 0 Å². The molecular weight excluding hydrogens is 452 g/mol. The Bertz CT molecular complexity index is 1510. The lowest BCUT2D eigenvalue weighted by Gasteiger charge is -2.30. The predicted molar refractivity (Wildman–Crippen MR) is 139 cm³/mol. The lowest BCUT2D eigenvalue weighted by molar-refractivity contribution is -0.117. The molecule has 1 saturated carbocycles. The van der Waals surface area contributed by atoms with Gasteiger partial charge in [-0.3, -0.25) is 9.59 Å². The normalized spacial score (nSPS) is 20.9. The zero-order chi connectivity index (χ0) is 24.3. The van der Waals surface area contributed by atoms with Crippen LogP contribution >= 0.6 is 0 Å². The number of rotatable bonds is 5. The van der Waals surface area contributed by atoms with Crippen LogP contribution in [0.4, 0.5) is 11.4 Å². The highest BCUT2D eigenvalue weighted by Gasteiger charge is 2.49. The van der Waals surface area contributed by atoms with Crippen molar-refractivity contribution in [3.05, 3.63) is 78.4 Å². The highest BCUT2D eigenvalue weighted by Crippen LogP contribution is 2.52. The van der Waals surface area contributed by atoms with Gasteiger partial charge in [0.25, 0.3) is 0 Å². The van der Waals surface area contributed by atoms with E-state index < -0.39 is 0 Å². The van der Waals surface area contributed by atoms with Gasteiger partial charge in [-0.05, 0) is 61.1 Å². The van der Waals surface area contributed by atoms with Crippen molar-refractivity contribution in [1.82, 2.24) is 9.88 Å². The first-order valence-corrected chi connectivity index (χ1v) is 12.4. The van der Waals surface area contributed by atoms with Gasteiger partial charge in [-0.2, -0.15) is 0 Å². The number of ether oxygens (including phenoxy) is 1. The van der Waals surface area contributed by atoms with E-state index in [4.69, 9.17) is 4.74 Å². The zero-order valence-electron chi connectivity index (χ0n) is 19.7. The summed E-state index contributed by atoms with van der Waals surface area (Å²) in [5.74, 6) is 0.744. The maximum absolute atomic E-state index is 12.9. The molecule has 2 amide bonds. The second-order valence-corrected chi connectivity index (χ2v) is 10.2. The minimum atomic E-state index is -0.365. The first kappa shape index (κ1) is 21.2. The van der Waals surface area contributed by atoms with Crippen molar-refractivity contribution in [2.45, 2.75) is 31.5 Å². The fourth-order valence-corrected chi connectivity index (χ4v) is 5.66. The van der Waals surface area contributed by atoms with E-state index in [2.05, 4.69) is 38.7 Å². The molecule has 3 N–H and O–H groups in total. The minimum Gasteiger partial charge on any atom is -0.465 e. The number of carbonyl (C=O) groups excluding carboxylic acids is 2. The Hall–Kier alpha value is -4.10. The molecule has 1 aliphatic carbocycles. The SMILES string of the molecule is O=CNc1ccc2c(c1)OC(c1ccccc1)n1c-2cc2cc(NC(=O)C3CC4(CC4)CN3)ccc21. The van der Waals surface area contributed by atoms with E-state index in [1.807, 2.05) is 54.6 Å². The molecule has 2 atom stereocenters. The van der Waals surface area contributed by atoms with Crippen LogP contribution in [0.5, 0.6) is 5.75 Å². The second kappa shape index (κ2) is 7.96. The molecule has 1 spiro atoms. The molecule has 180 valence electrons. The van der Waals surface area contributed by atoms with Crippen LogP contribution < -0.4 is 20.7 Å². The highest BCUT2D eigenvalue weighted by atomic mass is 16.5. The summed E-state index contributed by atoms with van der Waals surface area (Å²) in [7, 11) is 0. The summed E-state index contributed by atoms with van der Waals surface area (Å²) in [5.41, 5.74) is 5.85. The topological polar surface area (TPSA) is 84.4 Å². The smallest absolute Gasteiger partial charge is 0.241 e. The van der Waals surface area contributed by atoms with Crippen molar-refractivity contribution >= 4 is 34.6 Å². The van der Waals surface area contributed by atoms with E-state index in [1.165, 1.54) is 12.8 Å². The van der Waals surface area contributed by atoms with E-state index in [9.17, 15) is 9.59 Å². The summed E-state index contributed by atoms with van der Waals surface area (Å²) in [6.07, 6.45) is 3.68. The van der Waals surface area contributed by atoms with Gasteiger partial charge in [-0.15, -0.1) is 0 Å². The number of hydrogen-bond donors (Lipinski definition) is 3. The van der Waals surface area contributed by atoms with Gasteiger partial charge < -0.3 is 25.3 Å². The first-order chi connectivity index (χ1) is 17.6. The van der Waals surface area contributed by atoms with Crippen LogP contribution in [0.25, 0.3) is 22.2 Å². The van der Waals surface area contributed by atoms with E-state index in [1.54, 1.807) is 0 Å². The molecule has 4 aromatic rings. The molecule has 2 fully saturated rings. The van der Waals surface area contributed by atoms with Gasteiger partial charge >= 0.3 is 0 Å². The Morgan fingerprint density at radius 2 is 1.86 bits per heavy atom. The standard InChI is InChI=1S/C29H26N4O3/c34-17-31-20-6-8-22-25-13-19-12-21(32-27(35)23-15-29(10-11-29)16-30-23)7-9-24(19)33(25)28(36-26(22)14-20)18-4-2-1-3-5-18/h1-9,12-14,17,23,28,30H,10-11,15-16H2,(H,31,34)(H,32,35). The number of amides is 2. The average molecular weight is 479 g/mol. The number of aromatic nitrogens is 1. The Balaban J connectivity index is 1.28. The third-order valence-electron chi connectivity index (χ3n) is 7.78. The molecule has 1 aromatic heterocycles. The average Bonchev–Trinajstić information content (AvgIpc) is 3.35. The molecule has 7 rings (SSSR count). The lowest BCUT2D eigenvalue weighted by Crippen LogP contribution is -2.35. The number of benzene rings is 3.